The molecular weight excluding hydrogens is 623 g/mol. The van der Waals surface area contributed by atoms with E-state index in [-0.39, 0.29) is 29.2 Å². The molecule has 4 N–H and O–H groups in total. The number of rotatable bonds is 9. The van der Waals surface area contributed by atoms with Crippen LogP contribution in [0.3, 0.4) is 0 Å². The molecule has 3 rings (SSSR count). The van der Waals surface area contributed by atoms with Gasteiger partial charge in [0.2, 0.25) is 5.91 Å². The van der Waals surface area contributed by atoms with Gasteiger partial charge < -0.3 is 20.5 Å². The number of aliphatic hydroxyl groups is 1. The summed E-state index contributed by atoms with van der Waals surface area (Å²) in [5.74, 6) is -2.73. The number of amides is 3. The van der Waals surface area contributed by atoms with Crippen molar-refractivity contribution in [2.45, 2.75) is 73.7 Å². The summed E-state index contributed by atoms with van der Waals surface area (Å²) in [4.78, 5) is 39.0. The fourth-order valence-electron chi connectivity index (χ4n) is 4.72. The molecule has 2 aromatic carbocycles. The monoisotopic (exact) mass is 659 g/mol. The molecule has 0 radical (unpaired) electrons. The van der Waals surface area contributed by atoms with Crippen LogP contribution in [0.25, 0.3) is 0 Å². The zero-order chi connectivity index (χ0) is 32.9. The molecular formula is C29H36F3N3O7S2. The van der Waals surface area contributed by atoms with E-state index in [0.717, 1.165) is 11.0 Å². The normalized spacial score (nSPS) is 19.1. The summed E-state index contributed by atoms with van der Waals surface area (Å²) in [5, 5.41) is 17.4. The number of halogens is 3. The number of carbonyl (C=O) groups is 3. The van der Waals surface area contributed by atoms with Crippen LogP contribution in [0.1, 0.15) is 56.0 Å². The Hall–Kier alpha value is -3.30. The van der Waals surface area contributed by atoms with E-state index in [4.69, 9.17) is 4.74 Å². The van der Waals surface area contributed by atoms with Crippen LogP contribution in [0.2, 0.25) is 0 Å². The highest BCUT2D eigenvalue weighted by molar-refractivity contribution is 7.98. The first-order valence-electron chi connectivity index (χ1n) is 13.7. The first-order chi connectivity index (χ1) is 20.4. The quantitative estimate of drug-likeness (QED) is 0.285. The lowest BCUT2D eigenvalue weighted by Gasteiger charge is -2.34. The molecule has 44 heavy (non-hydrogen) atoms. The predicted octanol–water partition coefficient (Wildman–Crippen LogP) is 4.62. The molecule has 1 aliphatic rings. The lowest BCUT2D eigenvalue weighted by Crippen LogP contribution is -2.49. The van der Waals surface area contributed by atoms with E-state index in [1.165, 1.54) is 23.9 Å². The number of ether oxygens (including phenoxy) is 1. The van der Waals surface area contributed by atoms with E-state index in [2.05, 4.69) is 16.0 Å². The summed E-state index contributed by atoms with van der Waals surface area (Å²) in [6, 6.07) is 7.90. The molecule has 3 amide bonds. The number of thioether (sulfide) groups is 1. The van der Waals surface area contributed by atoms with Gasteiger partial charge in [-0.1, -0.05) is 0 Å². The molecule has 3 atom stereocenters. The fraction of sp³-hybridized carbons (Fsp3) is 0.483. The van der Waals surface area contributed by atoms with Crippen molar-refractivity contribution in [3.63, 3.8) is 0 Å². The predicted molar refractivity (Wildman–Crippen MR) is 159 cm³/mol. The number of aliphatic hydroxyl groups excluding tert-OH is 1. The van der Waals surface area contributed by atoms with Crippen LogP contribution in [-0.2, 0) is 25.5 Å². The van der Waals surface area contributed by atoms with Crippen LogP contribution < -0.4 is 16.0 Å². The molecule has 0 unspecified atom stereocenters. The molecule has 242 valence electrons. The number of anilines is 1. The Balaban J connectivity index is 1.70. The molecule has 0 aliphatic heterocycles. The van der Waals surface area contributed by atoms with Crippen molar-refractivity contribution >= 4 is 45.2 Å². The summed E-state index contributed by atoms with van der Waals surface area (Å²) in [6.07, 6.45) is -3.94. The van der Waals surface area contributed by atoms with Crippen LogP contribution >= 0.6 is 11.8 Å². The van der Waals surface area contributed by atoms with Gasteiger partial charge in [-0.15, -0.1) is 11.8 Å². The molecule has 0 aromatic heterocycles. The molecule has 10 nitrogen and oxygen atoms in total. The molecule has 0 bridgehead atoms. The topological polar surface area (TPSA) is 151 Å². The van der Waals surface area contributed by atoms with Gasteiger partial charge in [-0.25, -0.2) is 13.2 Å². The Morgan fingerprint density at radius 1 is 1.05 bits per heavy atom. The summed E-state index contributed by atoms with van der Waals surface area (Å²) >= 11 is 1.46. The van der Waals surface area contributed by atoms with Gasteiger partial charge >= 0.3 is 12.3 Å². The van der Waals surface area contributed by atoms with Crippen molar-refractivity contribution in [3.8, 4) is 0 Å². The van der Waals surface area contributed by atoms with Gasteiger partial charge in [0, 0.05) is 10.9 Å². The number of alkyl halides is 3. The van der Waals surface area contributed by atoms with Crippen molar-refractivity contribution in [1.82, 2.24) is 10.6 Å². The van der Waals surface area contributed by atoms with Gasteiger partial charge in [-0.2, -0.15) is 13.2 Å². The first-order valence-corrected chi connectivity index (χ1v) is 16.6. The van der Waals surface area contributed by atoms with Gasteiger partial charge in [0.25, 0.3) is 5.91 Å². The maximum atomic E-state index is 13.4. The SMILES string of the molecule is CSc1ccc(S(=O)(=O)C[C@@H]2C[C@@H](O)CC[C@@H]2NC(=O)CNC(=O)c2cc(C(F)(F)F)ccc2NC(=O)OC(C)(C)C)cc1. The number of hydrogen-bond donors (Lipinski definition) is 4. The second-order valence-corrected chi connectivity index (χ2v) is 14.3. The fourth-order valence-corrected chi connectivity index (χ4v) is 6.80. The van der Waals surface area contributed by atoms with Crippen molar-refractivity contribution in [2.75, 3.05) is 23.9 Å². The van der Waals surface area contributed by atoms with E-state index in [0.29, 0.717) is 18.6 Å². The lowest BCUT2D eigenvalue weighted by atomic mass is 9.84. The minimum absolute atomic E-state index is 0.115. The summed E-state index contributed by atoms with van der Waals surface area (Å²) in [6.45, 7) is 4.11. The van der Waals surface area contributed by atoms with Gasteiger partial charge in [-0.05, 0) is 94.7 Å². The smallest absolute Gasteiger partial charge is 0.416 e. The van der Waals surface area contributed by atoms with Gasteiger partial charge in [0.05, 0.1) is 40.1 Å². The lowest BCUT2D eigenvalue weighted by molar-refractivity contribution is -0.137. The highest BCUT2D eigenvalue weighted by atomic mass is 32.2. The van der Waals surface area contributed by atoms with Crippen molar-refractivity contribution in [1.29, 1.82) is 0 Å². The number of nitrogens with one attached hydrogen (secondary N) is 3. The zero-order valence-corrected chi connectivity index (χ0v) is 26.3. The molecule has 2 aromatic rings. The van der Waals surface area contributed by atoms with Crippen LogP contribution in [0.5, 0.6) is 0 Å². The minimum atomic E-state index is -4.78. The highest BCUT2D eigenvalue weighted by Crippen LogP contribution is 2.32. The maximum absolute atomic E-state index is 13.4. The van der Waals surface area contributed by atoms with E-state index in [1.807, 2.05) is 6.26 Å². The first kappa shape index (κ1) is 35.2. The van der Waals surface area contributed by atoms with Crippen molar-refractivity contribution in [2.24, 2.45) is 5.92 Å². The minimum Gasteiger partial charge on any atom is -0.444 e. The number of carbonyl (C=O) groups excluding carboxylic acids is 3. The van der Waals surface area contributed by atoms with Crippen molar-refractivity contribution < 1.29 is 45.8 Å². The summed E-state index contributed by atoms with van der Waals surface area (Å²) in [7, 11) is -3.76. The molecule has 1 aliphatic carbocycles. The molecule has 1 saturated carbocycles. The molecule has 0 spiro atoms. The zero-order valence-electron chi connectivity index (χ0n) is 24.7. The standard InChI is InChI=1S/C29H36F3N3O7S2/c1-28(2,3)42-27(39)35-24-11-5-18(29(30,31)32)14-22(24)26(38)33-15-25(37)34-23-12-6-19(36)13-17(23)16-44(40,41)21-9-7-20(43-4)8-10-21/h5,7-11,14,17,19,23,36H,6,12-13,15-16H2,1-4H3,(H,33,38)(H,34,37)(H,35,39)/t17-,19-,23-/m0/s1. The highest BCUT2D eigenvalue weighted by Gasteiger charge is 2.35. The maximum Gasteiger partial charge on any atom is 0.416 e. The van der Waals surface area contributed by atoms with Crippen LogP contribution in [0.4, 0.5) is 23.7 Å². The Labute approximate surface area is 258 Å². The Kier molecular flexibility index (Phi) is 11.4. The van der Waals surface area contributed by atoms with E-state index >= 15 is 0 Å². The average molecular weight is 660 g/mol. The number of sulfone groups is 1. The Morgan fingerprint density at radius 2 is 1.70 bits per heavy atom. The third kappa shape index (κ3) is 10.1. The summed E-state index contributed by atoms with van der Waals surface area (Å²) < 4.78 is 71.5. The third-order valence-electron chi connectivity index (χ3n) is 6.79. The van der Waals surface area contributed by atoms with Crippen LogP contribution in [-0.4, -0.2) is 67.7 Å². The Morgan fingerprint density at radius 3 is 2.30 bits per heavy atom. The average Bonchev–Trinajstić information content (AvgIpc) is 2.91. The summed E-state index contributed by atoms with van der Waals surface area (Å²) in [5.41, 5.74) is -2.87. The second kappa shape index (κ2) is 14.2. The van der Waals surface area contributed by atoms with E-state index < -0.39 is 75.3 Å². The van der Waals surface area contributed by atoms with E-state index in [1.54, 1.807) is 32.9 Å². The van der Waals surface area contributed by atoms with Crippen LogP contribution in [0.15, 0.2) is 52.3 Å². The van der Waals surface area contributed by atoms with E-state index in [9.17, 15) is 41.1 Å². The second-order valence-electron chi connectivity index (χ2n) is 11.4. The third-order valence-corrected chi connectivity index (χ3v) is 9.39. The van der Waals surface area contributed by atoms with Crippen LogP contribution in [0, 0.1) is 5.92 Å². The number of benzene rings is 2. The molecule has 15 heteroatoms. The largest absolute Gasteiger partial charge is 0.444 e. The molecule has 0 saturated heterocycles. The molecule has 1 fully saturated rings. The number of hydrogen-bond acceptors (Lipinski definition) is 8. The van der Waals surface area contributed by atoms with Gasteiger partial charge in [0.1, 0.15) is 5.60 Å². The van der Waals surface area contributed by atoms with Gasteiger partial charge in [0.15, 0.2) is 9.84 Å². The van der Waals surface area contributed by atoms with Crippen molar-refractivity contribution in [3.05, 3.63) is 53.6 Å². The Bertz CT molecular complexity index is 1460. The molecule has 0 heterocycles. The van der Waals surface area contributed by atoms with Gasteiger partial charge in [-0.3, -0.25) is 14.9 Å².